The van der Waals surface area contributed by atoms with E-state index in [2.05, 4.69) is 54.1 Å². The van der Waals surface area contributed by atoms with Gasteiger partial charge in [-0.3, -0.25) is 0 Å². The average Bonchev–Trinajstić information content (AvgIpc) is 3.22. The molecule has 3 rings (SSSR count). The summed E-state index contributed by atoms with van der Waals surface area (Å²) >= 11 is 0. The monoisotopic (exact) mass is 429 g/mol. The third-order valence-corrected chi connectivity index (χ3v) is 9.98. The number of halogens is 3. The highest BCUT2D eigenvalue weighted by Crippen LogP contribution is 2.39. The van der Waals surface area contributed by atoms with Crippen LogP contribution in [0, 0.1) is 0 Å². The van der Waals surface area contributed by atoms with Crippen LogP contribution in [0.1, 0.15) is 39.1 Å². The summed E-state index contributed by atoms with van der Waals surface area (Å²) in [5, 5.41) is 7.44. The Bertz CT molecular complexity index is 832. The van der Waals surface area contributed by atoms with Crippen LogP contribution in [0.4, 0.5) is 13.2 Å². The van der Waals surface area contributed by atoms with Crippen LogP contribution in [0.5, 0.6) is 5.75 Å². The summed E-state index contributed by atoms with van der Waals surface area (Å²) in [5.74, 6) is 0.458. The molecular weight excluding hydrogens is 403 g/mol. The molecule has 0 radical (unpaired) electrons. The number of ether oxygens (including phenoxy) is 1. The second kappa shape index (κ2) is 7.73. The second-order valence-corrected chi connectivity index (χ2v) is 13.5. The Labute approximate surface area is 168 Å². The summed E-state index contributed by atoms with van der Waals surface area (Å²) < 4.78 is 52.5. The van der Waals surface area contributed by atoms with E-state index >= 15 is 0 Å². The number of nitrogens with one attached hydrogen (secondary N) is 1. The van der Waals surface area contributed by atoms with Crippen molar-refractivity contribution in [1.29, 1.82) is 0 Å². The average molecular weight is 430 g/mol. The van der Waals surface area contributed by atoms with Crippen molar-refractivity contribution in [3.05, 3.63) is 30.2 Å². The standard InChI is InChI=1S/C19H26F3N3O3Si/c1-18(2,3)29(4,5)28-14-10-15(23-11-14)17-24-16(25-27-17)12-6-8-13(9-7-12)26-19(20,21)22/h6-9,14-15,23H,10-11H2,1-5H3/t14-,15+/m1/s1. The summed E-state index contributed by atoms with van der Waals surface area (Å²) in [7, 11) is -1.87. The zero-order chi connectivity index (χ0) is 21.4. The lowest BCUT2D eigenvalue weighted by Gasteiger charge is -2.38. The first-order chi connectivity index (χ1) is 13.3. The van der Waals surface area contributed by atoms with Crippen molar-refractivity contribution in [1.82, 2.24) is 15.5 Å². The number of hydrogen-bond acceptors (Lipinski definition) is 6. The molecule has 0 bridgehead atoms. The predicted molar refractivity (Wildman–Crippen MR) is 104 cm³/mol. The van der Waals surface area contributed by atoms with Gasteiger partial charge in [-0.25, -0.2) is 0 Å². The van der Waals surface area contributed by atoms with Gasteiger partial charge in [0.1, 0.15) is 5.75 Å². The van der Waals surface area contributed by atoms with E-state index < -0.39 is 14.7 Å². The SMILES string of the molecule is CC(C)(C)[Si](C)(C)O[C@H]1CN[C@H](c2nc(-c3ccc(OC(F)(F)F)cc3)no2)C1. The fourth-order valence-electron chi connectivity index (χ4n) is 2.87. The number of hydrogen-bond donors (Lipinski definition) is 1. The molecule has 0 amide bonds. The highest BCUT2D eigenvalue weighted by molar-refractivity contribution is 6.74. The van der Waals surface area contributed by atoms with Crippen molar-refractivity contribution >= 4 is 8.32 Å². The van der Waals surface area contributed by atoms with Crippen LogP contribution in [-0.4, -0.2) is 37.5 Å². The normalized spacial score (nSPS) is 20.8. The summed E-state index contributed by atoms with van der Waals surface area (Å²) in [6.07, 6.45) is -3.92. The smallest absolute Gasteiger partial charge is 0.413 e. The molecule has 2 aromatic rings. The van der Waals surface area contributed by atoms with Gasteiger partial charge in [0.15, 0.2) is 8.32 Å². The van der Waals surface area contributed by atoms with Crippen LogP contribution in [0.25, 0.3) is 11.4 Å². The summed E-state index contributed by atoms with van der Waals surface area (Å²) in [6, 6.07) is 5.24. The molecular formula is C19H26F3N3O3Si. The summed E-state index contributed by atoms with van der Waals surface area (Å²) in [5.41, 5.74) is 0.543. The zero-order valence-corrected chi connectivity index (χ0v) is 18.1. The van der Waals surface area contributed by atoms with Gasteiger partial charge in [-0.1, -0.05) is 25.9 Å². The van der Waals surface area contributed by atoms with Crippen LogP contribution in [0.3, 0.4) is 0 Å². The van der Waals surface area contributed by atoms with Gasteiger partial charge in [0.25, 0.3) is 0 Å². The van der Waals surface area contributed by atoms with E-state index in [4.69, 9.17) is 8.95 Å². The van der Waals surface area contributed by atoms with Crippen LogP contribution in [-0.2, 0) is 4.43 Å². The first-order valence-corrected chi connectivity index (χ1v) is 12.4. The summed E-state index contributed by atoms with van der Waals surface area (Å²) in [4.78, 5) is 4.40. The number of nitrogens with zero attached hydrogens (tertiary/aromatic N) is 2. The molecule has 1 fully saturated rings. The lowest BCUT2D eigenvalue weighted by molar-refractivity contribution is -0.274. The fraction of sp³-hybridized carbons (Fsp3) is 0.579. The lowest BCUT2D eigenvalue weighted by Crippen LogP contribution is -2.44. The van der Waals surface area contributed by atoms with Crippen LogP contribution >= 0.6 is 0 Å². The molecule has 6 nitrogen and oxygen atoms in total. The Kier molecular flexibility index (Phi) is 5.81. The molecule has 1 aliphatic heterocycles. The van der Waals surface area contributed by atoms with Crippen molar-refractivity contribution in [3.8, 4) is 17.1 Å². The van der Waals surface area contributed by atoms with Crippen molar-refractivity contribution in [3.63, 3.8) is 0 Å². The molecule has 1 aliphatic rings. The van der Waals surface area contributed by atoms with E-state index in [9.17, 15) is 13.2 Å². The second-order valence-electron chi connectivity index (χ2n) is 8.73. The largest absolute Gasteiger partial charge is 0.573 e. The highest BCUT2D eigenvalue weighted by atomic mass is 28.4. The van der Waals surface area contributed by atoms with Gasteiger partial charge in [0.05, 0.1) is 12.1 Å². The Morgan fingerprint density at radius 2 is 1.79 bits per heavy atom. The Balaban J connectivity index is 1.63. The van der Waals surface area contributed by atoms with Crippen molar-refractivity contribution in [2.24, 2.45) is 0 Å². The molecule has 1 aromatic carbocycles. The molecule has 0 spiro atoms. The number of alkyl halides is 3. The number of aromatic nitrogens is 2. The molecule has 2 atom stereocenters. The molecule has 0 saturated carbocycles. The van der Waals surface area contributed by atoms with Gasteiger partial charge >= 0.3 is 6.36 Å². The highest BCUT2D eigenvalue weighted by Gasteiger charge is 2.41. The van der Waals surface area contributed by atoms with E-state index in [0.717, 1.165) is 6.42 Å². The molecule has 0 unspecified atom stereocenters. The van der Waals surface area contributed by atoms with E-state index in [1.165, 1.54) is 24.3 Å². The molecule has 1 aromatic heterocycles. The van der Waals surface area contributed by atoms with Gasteiger partial charge in [-0.2, -0.15) is 4.98 Å². The Morgan fingerprint density at radius 3 is 2.38 bits per heavy atom. The third kappa shape index (κ3) is 5.37. The molecule has 1 N–H and O–H groups in total. The fourth-order valence-corrected chi connectivity index (χ4v) is 4.24. The molecule has 10 heteroatoms. The lowest BCUT2D eigenvalue weighted by atomic mass is 10.2. The van der Waals surface area contributed by atoms with Crippen LogP contribution in [0.2, 0.25) is 18.1 Å². The predicted octanol–water partition coefficient (Wildman–Crippen LogP) is 5.06. The Hall–Kier alpha value is -1.91. The van der Waals surface area contributed by atoms with Gasteiger partial charge in [-0.05, 0) is 48.8 Å². The van der Waals surface area contributed by atoms with Gasteiger partial charge < -0.3 is 19.0 Å². The van der Waals surface area contributed by atoms with E-state index in [1.54, 1.807) is 0 Å². The van der Waals surface area contributed by atoms with Crippen LogP contribution < -0.4 is 10.1 Å². The number of benzene rings is 1. The minimum absolute atomic E-state index is 0.0787. The topological polar surface area (TPSA) is 69.4 Å². The maximum atomic E-state index is 12.3. The first kappa shape index (κ1) is 21.8. The van der Waals surface area contributed by atoms with E-state index in [1.807, 2.05) is 0 Å². The maximum Gasteiger partial charge on any atom is 0.573 e. The Morgan fingerprint density at radius 1 is 1.14 bits per heavy atom. The minimum Gasteiger partial charge on any atom is -0.413 e. The molecule has 1 saturated heterocycles. The minimum atomic E-state index is -4.72. The molecule has 2 heterocycles. The van der Waals surface area contributed by atoms with Crippen molar-refractivity contribution < 1.29 is 26.9 Å². The van der Waals surface area contributed by atoms with Gasteiger partial charge in [0, 0.05) is 12.1 Å². The molecule has 29 heavy (non-hydrogen) atoms. The summed E-state index contributed by atoms with van der Waals surface area (Å²) in [6.45, 7) is 11.8. The van der Waals surface area contributed by atoms with Gasteiger partial charge in [0.2, 0.25) is 11.7 Å². The van der Waals surface area contributed by atoms with Crippen LogP contribution in [0.15, 0.2) is 28.8 Å². The number of rotatable bonds is 5. The van der Waals surface area contributed by atoms with Crippen molar-refractivity contribution in [2.75, 3.05) is 6.54 Å². The van der Waals surface area contributed by atoms with Gasteiger partial charge in [-0.15, -0.1) is 13.2 Å². The quantitative estimate of drug-likeness (QED) is 0.670. The first-order valence-electron chi connectivity index (χ1n) is 9.45. The molecule has 160 valence electrons. The van der Waals surface area contributed by atoms with E-state index in [0.29, 0.717) is 23.8 Å². The maximum absolute atomic E-state index is 12.3. The third-order valence-electron chi connectivity index (χ3n) is 5.44. The zero-order valence-electron chi connectivity index (χ0n) is 17.1. The van der Waals surface area contributed by atoms with Crippen molar-refractivity contribution in [2.45, 2.75) is 63.8 Å². The van der Waals surface area contributed by atoms with E-state index in [-0.39, 0.29) is 22.9 Å². The molecule has 0 aliphatic carbocycles.